The third-order valence-corrected chi connectivity index (χ3v) is 6.84. The largest absolute Gasteiger partial charge is 0.497 e. The van der Waals surface area contributed by atoms with Crippen molar-refractivity contribution >= 4 is 11.8 Å². The Morgan fingerprint density at radius 3 is 2.81 bits per heavy atom. The van der Waals surface area contributed by atoms with Crippen LogP contribution in [-0.4, -0.2) is 46.5 Å². The molecule has 1 aliphatic heterocycles. The number of thioether (sulfide) groups is 1. The van der Waals surface area contributed by atoms with Crippen LogP contribution < -0.4 is 4.74 Å². The Bertz CT molecular complexity index is 1020. The zero-order valence-electron chi connectivity index (χ0n) is 19.2. The van der Waals surface area contributed by atoms with Gasteiger partial charge in [0.2, 0.25) is 0 Å². The van der Waals surface area contributed by atoms with Gasteiger partial charge in [-0.05, 0) is 55.6 Å². The maximum absolute atomic E-state index is 5.93. The molecule has 32 heavy (non-hydrogen) atoms. The van der Waals surface area contributed by atoms with E-state index in [0.717, 1.165) is 61.6 Å². The Balaban J connectivity index is 1.48. The average molecular weight is 453 g/mol. The molecular weight excluding hydrogens is 420 g/mol. The van der Waals surface area contributed by atoms with E-state index in [1.807, 2.05) is 12.1 Å². The standard InChI is InChI=1S/C25H32N4O2S/c1-19-8-4-5-10-21(19)18-32-25-27-26-24(29(25)16-23-12-7-13-31-23)17-28(2)15-20-9-6-11-22(14-20)30-3/h4-6,8-11,14,23H,7,12-13,15-18H2,1-3H3/t23-/m0/s1. The van der Waals surface area contributed by atoms with Gasteiger partial charge in [-0.3, -0.25) is 4.90 Å². The van der Waals surface area contributed by atoms with Gasteiger partial charge in [-0.15, -0.1) is 10.2 Å². The number of rotatable bonds is 10. The molecule has 7 heteroatoms. The maximum atomic E-state index is 5.93. The summed E-state index contributed by atoms with van der Waals surface area (Å²) < 4.78 is 13.6. The van der Waals surface area contributed by atoms with Gasteiger partial charge in [0.05, 0.1) is 26.3 Å². The van der Waals surface area contributed by atoms with Crippen LogP contribution in [0.3, 0.4) is 0 Å². The van der Waals surface area contributed by atoms with E-state index in [4.69, 9.17) is 9.47 Å². The lowest BCUT2D eigenvalue weighted by Gasteiger charge is -2.19. The molecule has 4 rings (SSSR count). The normalized spacial score (nSPS) is 16.1. The topological polar surface area (TPSA) is 52.4 Å². The number of ether oxygens (including phenoxy) is 2. The summed E-state index contributed by atoms with van der Waals surface area (Å²) in [5, 5.41) is 10.1. The van der Waals surface area contributed by atoms with Crippen LogP contribution in [-0.2, 0) is 30.1 Å². The zero-order chi connectivity index (χ0) is 22.3. The maximum Gasteiger partial charge on any atom is 0.191 e. The van der Waals surface area contributed by atoms with Gasteiger partial charge in [-0.2, -0.15) is 0 Å². The smallest absolute Gasteiger partial charge is 0.191 e. The van der Waals surface area contributed by atoms with Crippen LogP contribution in [0, 0.1) is 6.92 Å². The Morgan fingerprint density at radius 2 is 2.03 bits per heavy atom. The first kappa shape index (κ1) is 22.8. The summed E-state index contributed by atoms with van der Waals surface area (Å²) in [7, 11) is 3.82. The molecule has 1 saturated heterocycles. The average Bonchev–Trinajstić information content (AvgIpc) is 3.44. The SMILES string of the molecule is COc1cccc(CN(C)Cc2nnc(SCc3ccccc3C)n2C[C@@H]2CCCO2)c1. The zero-order valence-corrected chi connectivity index (χ0v) is 20.0. The highest BCUT2D eigenvalue weighted by Gasteiger charge is 2.22. The van der Waals surface area contributed by atoms with Crippen molar-refractivity contribution in [2.75, 3.05) is 20.8 Å². The summed E-state index contributed by atoms with van der Waals surface area (Å²) in [5.74, 6) is 2.75. The molecule has 0 aliphatic carbocycles. The Morgan fingerprint density at radius 1 is 1.16 bits per heavy atom. The van der Waals surface area contributed by atoms with Crippen molar-refractivity contribution < 1.29 is 9.47 Å². The molecule has 6 nitrogen and oxygen atoms in total. The molecule has 2 heterocycles. The van der Waals surface area contributed by atoms with Gasteiger partial charge >= 0.3 is 0 Å². The molecule has 3 aromatic rings. The number of aromatic nitrogens is 3. The van der Waals surface area contributed by atoms with Crippen LogP contribution in [0.2, 0.25) is 0 Å². The Labute approximate surface area is 194 Å². The number of aryl methyl sites for hydroxylation is 1. The van der Waals surface area contributed by atoms with Crippen LogP contribution >= 0.6 is 11.8 Å². The minimum absolute atomic E-state index is 0.242. The first-order chi connectivity index (χ1) is 15.6. The number of nitrogens with zero attached hydrogens (tertiary/aromatic N) is 4. The molecular formula is C25H32N4O2S. The van der Waals surface area contributed by atoms with Crippen molar-refractivity contribution in [2.24, 2.45) is 0 Å². The van der Waals surface area contributed by atoms with Gasteiger partial charge in [0.15, 0.2) is 5.16 Å². The summed E-state index contributed by atoms with van der Waals surface area (Å²) in [4.78, 5) is 2.26. The highest BCUT2D eigenvalue weighted by atomic mass is 32.2. The van der Waals surface area contributed by atoms with Gasteiger partial charge in [0.25, 0.3) is 0 Å². The van der Waals surface area contributed by atoms with Crippen molar-refractivity contribution in [3.63, 3.8) is 0 Å². The summed E-state index contributed by atoms with van der Waals surface area (Å²) in [6.07, 6.45) is 2.47. The predicted molar refractivity (Wildman–Crippen MR) is 128 cm³/mol. The molecule has 0 amide bonds. The van der Waals surface area contributed by atoms with Gasteiger partial charge in [-0.1, -0.05) is 48.2 Å². The molecule has 1 aliphatic rings. The van der Waals surface area contributed by atoms with Crippen molar-refractivity contribution in [3.8, 4) is 5.75 Å². The van der Waals surface area contributed by atoms with E-state index >= 15 is 0 Å². The molecule has 1 atom stereocenters. The highest BCUT2D eigenvalue weighted by Crippen LogP contribution is 2.26. The fourth-order valence-corrected chi connectivity index (χ4v) is 5.06. The van der Waals surface area contributed by atoms with E-state index in [2.05, 4.69) is 70.0 Å². The van der Waals surface area contributed by atoms with E-state index in [-0.39, 0.29) is 6.10 Å². The lowest BCUT2D eigenvalue weighted by molar-refractivity contribution is 0.0934. The summed E-state index contributed by atoms with van der Waals surface area (Å²) in [6, 6.07) is 16.7. The van der Waals surface area contributed by atoms with Crippen LogP contribution in [0.5, 0.6) is 5.75 Å². The van der Waals surface area contributed by atoms with Crippen molar-refractivity contribution in [1.29, 1.82) is 0 Å². The van der Waals surface area contributed by atoms with Gasteiger partial charge in [0, 0.05) is 18.9 Å². The molecule has 0 saturated carbocycles. The molecule has 0 N–H and O–H groups in total. The van der Waals surface area contributed by atoms with E-state index in [1.54, 1.807) is 18.9 Å². The Hall–Kier alpha value is -2.35. The van der Waals surface area contributed by atoms with Crippen LogP contribution in [0.1, 0.15) is 35.4 Å². The molecule has 0 bridgehead atoms. The molecule has 0 spiro atoms. The summed E-state index contributed by atoms with van der Waals surface area (Å²) in [6.45, 7) is 5.36. The van der Waals surface area contributed by atoms with Gasteiger partial charge < -0.3 is 14.0 Å². The van der Waals surface area contributed by atoms with Crippen molar-refractivity contribution in [1.82, 2.24) is 19.7 Å². The number of hydrogen-bond acceptors (Lipinski definition) is 6. The second-order valence-electron chi connectivity index (χ2n) is 8.38. The van der Waals surface area contributed by atoms with E-state index in [1.165, 1.54) is 16.7 Å². The van der Waals surface area contributed by atoms with Crippen molar-refractivity contribution in [3.05, 3.63) is 71.0 Å². The Kier molecular flexibility index (Phi) is 7.84. The van der Waals surface area contributed by atoms with E-state index < -0.39 is 0 Å². The van der Waals surface area contributed by atoms with E-state index in [9.17, 15) is 0 Å². The third kappa shape index (κ3) is 5.91. The molecule has 1 fully saturated rings. The van der Waals surface area contributed by atoms with Gasteiger partial charge in [-0.25, -0.2) is 0 Å². The predicted octanol–water partition coefficient (Wildman–Crippen LogP) is 4.70. The van der Waals surface area contributed by atoms with Crippen LogP contribution in [0.15, 0.2) is 53.7 Å². The quantitative estimate of drug-likeness (QED) is 0.416. The second kappa shape index (κ2) is 11.0. The minimum atomic E-state index is 0.242. The lowest BCUT2D eigenvalue weighted by atomic mass is 10.1. The number of methoxy groups -OCH3 is 1. The first-order valence-corrected chi connectivity index (χ1v) is 12.1. The second-order valence-corrected chi connectivity index (χ2v) is 9.33. The highest BCUT2D eigenvalue weighted by molar-refractivity contribution is 7.98. The van der Waals surface area contributed by atoms with Gasteiger partial charge in [0.1, 0.15) is 11.6 Å². The van der Waals surface area contributed by atoms with Crippen LogP contribution in [0.4, 0.5) is 0 Å². The minimum Gasteiger partial charge on any atom is -0.497 e. The summed E-state index contributed by atoms with van der Waals surface area (Å²) >= 11 is 1.75. The fraction of sp³-hybridized carbons (Fsp3) is 0.440. The first-order valence-electron chi connectivity index (χ1n) is 11.1. The molecule has 0 radical (unpaired) electrons. The molecule has 1 aromatic heterocycles. The fourth-order valence-electron chi connectivity index (χ4n) is 4.01. The number of benzene rings is 2. The molecule has 2 aromatic carbocycles. The van der Waals surface area contributed by atoms with Crippen LogP contribution in [0.25, 0.3) is 0 Å². The molecule has 170 valence electrons. The van der Waals surface area contributed by atoms with E-state index in [0.29, 0.717) is 0 Å². The molecule has 0 unspecified atom stereocenters. The summed E-state index contributed by atoms with van der Waals surface area (Å²) in [5.41, 5.74) is 3.86. The third-order valence-electron chi connectivity index (χ3n) is 5.82. The number of hydrogen-bond donors (Lipinski definition) is 0. The lowest BCUT2D eigenvalue weighted by Crippen LogP contribution is -2.23. The van der Waals surface area contributed by atoms with Crippen molar-refractivity contribution in [2.45, 2.75) is 56.4 Å². The monoisotopic (exact) mass is 452 g/mol.